The predicted molar refractivity (Wildman–Crippen MR) is 78.6 cm³/mol. The molecule has 1 amide bonds. The maximum atomic E-state index is 12.1. The van der Waals surface area contributed by atoms with Gasteiger partial charge in [0.25, 0.3) is 0 Å². The van der Waals surface area contributed by atoms with Gasteiger partial charge in [-0.25, -0.2) is 0 Å². The van der Waals surface area contributed by atoms with Gasteiger partial charge in [-0.1, -0.05) is 18.2 Å². The van der Waals surface area contributed by atoms with Gasteiger partial charge in [-0.05, 0) is 31.4 Å². The van der Waals surface area contributed by atoms with E-state index in [1.807, 2.05) is 36.6 Å². The lowest BCUT2D eigenvalue weighted by molar-refractivity contribution is -0.116. The first-order valence-corrected chi connectivity index (χ1v) is 6.50. The van der Waals surface area contributed by atoms with E-state index in [1.54, 1.807) is 6.20 Å². The molecule has 0 aliphatic rings. The van der Waals surface area contributed by atoms with Crippen molar-refractivity contribution in [1.82, 2.24) is 14.8 Å². The van der Waals surface area contributed by atoms with E-state index in [2.05, 4.69) is 27.6 Å². The predicted octanol–water partition coefficient (Wildman–Crippen LogP) is 2.62. The fourth-order valence-electron chi connectivity index (χ4n) is 2.35. The molecule has 0 saturated heterocycles. The number of aromatic nitrogens is 3. The number of anilines is 1. The van der Waals surface area contributed by atoms with E-state index < -0.39 is 0 Å². The van der Waals surface area contributed by atoms with Gasteiger partial charge in [-0.2, -0.15) is 5.10 Å². The summed E-state index contributed by atoms with van der Waals surface area (Å²) in [4.78, 5) is 12.1. The third-order valence-corrected chi connectivity index (χ3v) is 3.41. The molecular formula is C15H16N4O. The number of H-pyrrole nitrogens is 1. The van der Waals surface area contributed by atoms with Gasteiger partial charge in [0, 0.05) is 16.8 Å². The molecule has 20 heavy (non-hydrogen) atoms. The largest absolute Gasteiger partial charge is 0.335 e. The zero-order chi connectivity index (χ0) is 14.1. The number of rotatable bonds is 3. The average Bonchev–Trinajstić information content (AvgIpc) is 2.95. The van der Waals surface area contributed by atoms with Gasteiger partial charge in [0.2, 0.25) is 5.91 Å². The molecule has 2 heterocycles. The Morgan fingerprint density at radius 3 is 2.90 bits per heavy atom. The maximum absolute atomic E-state index is 12.1. The lowest BCUT2D eigenvalue weighted by Crippen LogP contribution is -2.20. The second-order valence-corrected chi connectivity index (χ2v) is 4.91. The molecule has 0 bridgehead atoms. The molecule has 0 radical (unpaired) electrons. The Bertz CT molecular complexity index is 769. The first kappa shape index (κ1) is 12.5. The highest BCUT2D eigenvalue weighted by atomic mass is 16.2. The number of carbonyl (C=O) groups is 1. The highest BCUT2D eigenvalue weighted by Crippen LogP contribution is 2.19. The standard InChI is InChI=1S/C15H16N4O/c1-10-8-16-18-15(10)17-14(20)9-19-11(2)7-12-5-3-4-6-13(12)19/h3-8H,9H2,1-2H3,(H2,16,17,18,20). The van der Waals surface area contributed by atoms with Crippen LogP contribution >= 0.6 is 0 Å². The van der Waals surface area contributed by atoms with Gasteiger partial charge in [0.1, 0.15) is 12.4 Å². The molecule has 102 valence electrons. The number of amides is 1. The highest BCUT2D eigenvalue weighted by molar-refractivity contribution is 5.92. The maximum Gasteiger partial charge on any atom is 0.245 e. The van der Waals surface area contributed by atoms with Crippen LogP contribution in [0.1, 0.15) is 11.3 Å². The van der Waals surface area contributed by atoms with Crippen LogP contribution < -0.4 is 5.32 Å². The topological polar surface area (TPSA) is 62.7 Å². The average molecular weight is 268 g/mol. The SMILES string of the molecule is Cc1cn[nH]c1NC(=O)Cn1c(C)cc2ccccc21. The molecule has 5 heteroatoms. The van der Waals surface area contributed by atoms with Crippen LogP contribution in [0.4, 0.5) is 5.82 Å². The first-order valence-electron chi connectivity index (χ1n) is 6.50. The molecule has 0 fully saturated rings. The Hall–Kier alpha value is -2.56. The van der Waals surface area contributed by atoms with Crippen molar-refractivity contribution in [2.45, 2.75) is 20.4 Å². The summed E-state index contributed by atoms with van der Waals surface area (Å²) in [5, 5.41) is 10.7. The number of hydrogen-bond donors (Lipinski definition) is 2. The quantitative estimate of drug-likeness (QED) is 0.767. The fourth-order valence-corrected chi connectivity index (χ4v) is 2.35. The van der Waals surface area contributed by atoms with Crippen LogP contribution in [-0.4, -0.2) is 20.7 Å². The molecular weight excluding hydrogens is 252 g/mol. The molecule has 2 N–H and O–H groups in total. The number of nitrogens with zero attached hydrogens (tertiary/aromatic N) is 2. The Balaban J connectivity index is 1.84. The number of benzene rings is 1. The minimum atomic E-state index is -0.0678. The Morgan fingerprint density at radius 1 is 1.35 bits per heavy atom. The van der Waals surface area contributed by atoms with Crippen molar-refractivity contribution in [3.8, 4) is 0 Å². The summed E-state index contributed by atoms with van der Waals surface area (Å²) < 4.78 is 2.01. The lowest BCUT2D eigenvalue weighted by Gasteiger charge is -2.08. The zero-order valence-electron chi connectivity index (χ0n) is 11.5. The summed E-state index contributed by atoms with van der Waals surface area (Å²) in [5.74, 6) is 0.589. The van der Waals surface area contributed by atoms with Crippen molar-refractivity contribution in [1.29, 1.82) is 0 Å². The molecule has 5 nitrogen and oxygen atoms in total. The number of aryl methyl sites for hydroxylation is 2. The third kappa shape index (κ3) is 2.18. The second kappa shape index (κ2) is 4.85. The van der Waals surface area contributed by atoms with Crippen molar-refractivity contribution >= 4 is 22.6 Å². The monoisotopic (exact) mass is 268 g/mol. The molecule has 0 aliphatic heterocycles. The number of nitrogens with one attached hydrogen (secondary N) is 2. The molecule has 0 atom stereocenters. The molecule has 0 spiro atoms. The Kier molecular flexibility index (Phi) is 3.02. The normalized spacial score (nSPS) is 10.9. The van der Waals surface area contributed by atoms with Crippen molar-refractivity contribution in [3.63, 3.8) is 0 Å². The van der Waals surface area contributed by atoms with E-state index in [4.69, 9.17) is 0 Å². The van der Waals surface area contributed by atoms with Gasteiger partial charge >= 0.3 is 0 Å². The van der Waals surface area contributed by atoms with Crippen LogP contribution in [0.2, 0.25) is 0 Å². The van der Waals surface area contributed by atoms with E-state index in [-0.39, 0.29) is 12.5 Å². The minimum Gasteiger partial charge on any atom is -0.335 e. The molecule has 2 aromatic heterocycles. The molecule has 3 aromatic rings. The number of aromatic amines is 1. The van der Waals surface area contributed by atoms with Gasteiger partial charge in [-0.3, -0.25) is 9.89 Å². The van der Waals surface area contributed by atoms with Crippen molar-refractivity contribution in [3.05, 3.63) is 47.8 Å². The second-order valence-electron chi connectivity index (χ2n) is 4.91. The van der Waals surface area contributed by atoms with E-state index >= 15 is 0 Å². The van der Waals surface area contributed by atoms with Crippen molar-refractivity contribution < 1.29 is 4.79 Å². The van der Waals surface area contributed by atoms with Gasteiger partial charge in [0.15, 0.2) is 0 Å². The molecule has 3 rings (SSSR count). The summed E-state index contributed by atoms with van der Waals surface area (Å²) in [7, 11) is 0. The summed E-state index contributed by atoms with van der Waals surface area (Å²) in [6, 6.07) is 10.1. The van der Waals surface area contributed by atoms with Crippen LogP contribution in [0.3, 0.4) is 0 Å². The van der Waals surface area contributed by atoms with E-state index in [1.165, 1.54) is 0 Å². The first-order chi connectivity index (χ1) is 9.65. The van der Waals surface area contributed by atoms with Crippen LogP contribution in [0, 0.1) is 13.8 Å². The van der Waals surface area contributed by atoms with Crippen LogP contribution in [0.25, 0.3) is 10.9 Å². The summed E-state index contributed by atoms with van der Waals surface area (Å²) in [6.07, 6.45) is 1.69. The fraction of sp³-hybridized carbons (Fsp3) is 0.200. The van der Waals surface area contributed by atoms with Crippen LogP contribution in [0.15, 0.2) is 36.5 Å². The summed E-state index contributed by atoms with van der Waals surface area (Å²) in [5.41, 5.74) is 3.07. The Labute approximate surface area is 116 Å². The van der Waals surface area contributed by atoms with Crippen LogP contribution in [0.5, 0.6) is 0 Å². The smallest absolute Gasteiger partial charge is 0.245 e. The van der Waals surface area contributed by atoms with Gasteiger partial charge in [-0.15, -0.1) is 0 Å². The Morgan fingerprint density at radius 2 is 2.15 bits per heavy atom. The van der Waals surface area contributed by atoms with Gasteiger partial charge < -0.3 is 9.88 Å². The molecule has 0 aliphatic carbocycles. The highest BCUT2D eigenvalue weighted by Gasteiger charge is 2.11. The summed E-state index contributed by atoms with van der Waals surface area (Å²) >= 11 is 0. The summed E-state index contributed by atoms with van der Waals surface area (Å²) in [6.45, 7) is 4.20. The van der Waals surface area contributed by atoms with E-state index in [0.717, 1.165) is 22.2 Å². The van der Waals surface area contributed by atoms with E-state index in [0.29, 0.717) is 5.82 Å². The van der Waals surface area contributed by atoms with Gasteiger partial charge in [0.05, 0.1) is 6.20 Å². The number of carbonyl (C=O) groups excluding carboxylic acids is 1. The third-order valence-electron chi connectivity index (χ3n) is 3.41. The molecule has 0 unspecified atom stereocenters. The molecule has 0 saturated carbocycles. The molecule has 1 aromatic carbocycles. The van der Waals surface area contributed by atoms with Crippen molar-refractivity contribution in [2.75, 3.05) is 5.32 Å². The zero-order valence-corrected chi connectivity index (χ0v) is 11.5. The minimum absolute atomic E-state index is 0.0678. The number of hydrogen-bond acceptors (Lipinski definition) is 2. The number of fused-ring (bicyclic) bond motifs is 1. The van der Waals surface area contributed by atoms with Crippen LogP contribution in [-0.2, 0) is 11.3 Å². The lowest BCUT2D eigenvalue weighted by atomic mass is 10.2. The number of para-hydroxylation sites is 1. The van der Waals surface area contributed by atoms with Crippen molar-refractivity contribution in [2.24, 2.45) is 0 Å². The van der Waals surface area contributed by atoms with E-state index in [9.17, 15) is 4.79 Å².